The number of carbonyl (C=O) groups is 2. The van der Waals surface area contributed by atoms with Crippen LogP contribution in [0.5, 0.6) is 0 Å². The first kappa shape index (κ1) is 16.3. The third kappa shape index (κ3) is 11.6. The van der Waals surface area contributed by atoms with Crippen molar-refractivity contribution in [2.45, 2.75) is 84.5 Å². The molecule has 0 saturated heterocycles. The van der Waals surface area contributed by atoms with Crippen LogP contribution in [0.3, 0.4) is 0 Å². The van der Waals surface area contributed by atoms with Crippen molar-refractivity contribution in [3.05, 3.63) is 0 Å². The first-order valence-corrected chi connectivity index (χ1v) is 7.24. The van der Waals surface area contributed by atoms with Crippen molar-refractivity contribution in [3.8, 4) is 0 Å². The van der Waals surface area contributed by atoms with Crippen LogP contribution in [-0.2, 0) is 9.59 Å². The van der Waals surface area contributed by atoms with Crippen LogP contribution in [0.2, 0.25) is 0 Å². The number of unbranched alkanes of at least 4 members (excludes halogenated alkanes) is 6. The predicted octanol–water partition coefficient (Wildman–Crippen LogP) is 4.46. The highest BCUT2D eigenvalue weighted by atomic mass is 16.1. The minimum Gasteiger partial charge on any atom is -0.300 e. The Morgan fingerprint density at radius 2 is 1.18 bits per heavy atom. The fraction of sp³-hybridized carbons (Fsp3) is 0.867. The maximum atomic E-state index is 11.4. The van der Waals surface area contributed by atoms with Gasteiger partial charge in [-0.2, -0.15) is 0 Å². The van der Waals surface area contributed by atoms with Crippen LogP contribution in [-0.4, -0.2) is 11.6 Å². The quantitative estimate of drug-likeness (QED) is 0.472. The van der Waals surface area contributed by atoms with Crippen molar-refractivity contribution in [3.63, 3.8) is 0 Å². The van der Waals surface area contributed by atoms with Gasteiger partial charge in [-0.05, 0) is 6.42 Å². The second kappa shape index (κ2) is 11.8. The second-order valence-corrected chi connectivity index (χ2v) is 4.80. The smallest absolute Gasteiger partial charge is 0.133 e. The molecule has 0 saturated carbocycles. The summed E-state index contributed by atoms with van der Waals surface area (Å²) in [5, 5.41) is 0. The number of rotatable bonds is 12. The summed E-state index contributed by atoms with van der Waals surface area (Å²) in [7, 11) is 0. The van der Waals surface area contributed by atoms with Gasteiger partial charge >= 0.3 is 0 Å². The molecular formula is C15H28O2. The molecule has 0 amide bonds. The van der Waals surface area contributed by atoms with Gasteiger partial charge in [0.2, 0.25) is 0 Å². The maximum Gasteiger partial charge on any atom is 0.133 e. The Morgan fingerprint density at radius 1 is 0.647 bits per heavy atom. The van der Waals surface area contributed by atoms with E-state index < -0.39 is 0 Å². The normalized spacial score (nSPS) is 10.5. The van der Waals surface area contributed by atoms with Crippen LogP contribution in [0.1, 0.15) is 84.5 Å². The minimum atomic E-state index is 0.206. The van der Waals surface area contributed by atoms with E-state index in [-0.39, 0.29) is 11.6 Å². The summed E-state index contributed by atoms with van der Waals surface area (Å²) in [6.45, 7) is 4.07. The van der Waals surface area contributed by atoms with Crippen molar-refractivity contribution >= 4 is 11.6 Å². The van der Waals surface area contributed by atoms with Crippen LogP contribution in [0.25, 0.3) is 0 Å². The van der Waals surface area contributed by atoms with Crippen LogP contribution in [0.4, 0.5) is 0 Å². The van der Waals surface area contributed by atoms with Gasteiger partial charge in [0.05, 0.1) is 0 Å². The van der Waals surface area contributed by atoms with Crippen LogP contribution < -0.4 is 0 Å². The average Bonchev–Trinajstić information content (AvgIpc) is 2.34. The summed E-state index contributed by atoms with van der Waals surface area (Å²) < 4.78 is 0. The van der Waals surface area contributed by atoms with Gasteiger partial charge in [0.1, 0.15) is 11.6 Å². The Hall–Kier alpha value is -0.660. The Balaban J connectivity index is 3.25. The zero-order valence-corrected chi connectivity index (χ0v) is 11.6. The highest BCUT2D eigenvalue weighted by Crippen LogP contribution is 2.09. The van der Waals surface area contributed by atoms with E-state index in [0.29, 0.717) is 25.7 Å². The predicted molar refractivity (Wildman–Crippen MR) is 72.1 cm³/mol. The second-order valence-electron chi connectivity index (χ2n) is 4.80. The molecule has 0 N–H and O–H groups in total. The molecule has 0 heterocycles. The van der Waals surface area contributed by atoms with Crippen LogP contribution in [0.15, 0.2) is 0 Å². The Morgan fingerprint density at radius 3 is 1.76 bits per heavy atom. The van der Waals surface area contributed by atoms with E-state index in [9.17, 15) is 9.59 Å². The SMILES string of the molecule is CCCCCCCCCC(=O)CCC(=O)CC. The molecule has 17 heavy (non-hydrogen) atoms. The van der Waals surface area contributed by atoms with E-state index in [1.165, 1.54) is 32.1 Å². The zero-order valence-electron chi connectivity index (χ0n) is 11.6. The molecular weight excluding hydrogens is 212 g/mol. The highest BCUT2D eigenvalue weighted by molar-refractivity contribution is 5.85. The summed E-state index contributed by atoms with van der Waals surface area (Å²) in [6, 6.07) is 0. The first-order valence-electron chi connectivity index (χ1n) is 7.24. The van der Waals surface area contributed by atoms with Crippen molar-refractivity contribution in [1.82, 2.24) is 0 Å². The fourth-order valence-corrected chi connectivity index (χ4v) is 1.86. The molecule has 0 radical (unpaired) electrons. The maximum absolute atomic E-state index is 11.4. The van der Waals surface area contributed by atoms with Crippen molar-refractivity contribution in [2.24, 2.45) is 0 Å². The topological polar surface area (TPSA) is 34.1 Å². The standard InChI is InChI=1S/C15H28O2/c1-3-5-6-7-8-9-10-11-15(17)13-12-14(16)4-2/h3-13H2,1-2H3. The first-order chi connectivity index (χ1) is 8.20. The number of Topliss-reactive ketones (excluding diaryl/α,β-unsaturated/α-hetero) is 2. The lowest BCUT2D eigenvalue weighted by Gasteiger charge is -2.01. The van der Waals surface area contributed by atoms with E-state index >= 15 is 0 Å². The summed E-state index contributed by atoms with van der Waals surface area (Å²) in [6.07, 6.45) is 10.8. The monoisotopic (exact) mass is 240 g/mol. The van der Waals surface area contributed by atoms with Gasteiger partial charge in [0.15, 0.2) is 0 Å². The Kier molecular flexibility index (Phi) is 11.4. The Labute approximate surface area is 106 Å². The summed E-state index contributed by atoms with van der Waals surface area (Å²) in [4.78, 5) is 22.5. The number of ketones is 2. The van der Waals surface area contributed by atoms with E-state index in [1.54, 1.807) is 0 Å². The molecule has 0 unspecified atom stereocenters. The summed E-state index contributed by atoms with van der Waals surface area (Å²) in [5.41, 5.74) is 0. The van der Waals surface area contributed by atoms with E-state index in [0.717, 1.165) is 12.8 Å². The molecule has 0 bridgehead atoms. The lowest BCUT2D eigenvalue weighted by Crippen LogP contribution is -2.03. The van der Waals surface area contributed by atoms with Gasteiger partial charge in [-0.1, -0.05) is 52.4 Å². The summed E-state index contributed by atoms with van der Waals surface area (Å²) in [5.74, 6) is 0.471. The molecule has 2 nitrogen and oxygen atoms in total. The summed E-state index contributed by atoms with van der Waals surface area (Å²) >= 11 is 0. The number of hydrogen-bond donors (Lipinski definition) is 0. The van der Waals surface area contributed by atoms with Crippen LogP contribution in [0, 0.1) is 0 Å². The largest absolute Gasteiger partial charge is 0.300 e. The molecule has 2 heteroatoms. The highest BCUT2D eigenvalue weighted by Gasteiger charge is 2.05. The minimum absolute atomic E-state index is 0.206. The number of hydrogen-bond acceptors (Lipinski definition) is 2. The van der Waals surface area contributed by atoms with Gasteiger partial charge in [-0.3, -0.25) is 9.59 Å². The van der Waals surface area contributed by atoms with E-state index in [4.69, 9.17) is 0 Å². The molecule has 0 aromatic heterocycles. The van der Waals surface area contributed by atoms with Crippen molar-refractivity contribution in [2.75, 3.05) is 0 Å². The van der Waals surface area contributed by atoms with Gasteiger partial charge < -0.3 is 0 Å². The molecule has 0 aromatic carbocycles. The molecule has 0 aliphatic carbocycles. The van der Waals surface area contributed by atoms with Gasteiger partial charge in [-0.15, -0.1) is 0 Å². The molecule has 0 atom stereocenters. The lowest BCUT2D eigenvalue weighted by molar-refractivity contribution is -0.124. The third-order valence-corrected chi connectivity index (χ3v) is 3.14. The van der Waals surface area contributed by atoms with Crippen molar-refractivity contribution < 1.29 is 9.59 Å². The van der Waals surface area contributed by atoms with Crippen LogP contribution >= 0.6 is 0 Å². The van der Waals surface area contributed by atoms with E-state index in [2.05, 4.69) is 6.92 Å². The molecule has 0 aromatic rings. The molecule has 0 spiro atoms. The molecule has 0 aliphatic heterocycles. The molecule has 0 aliphatic rings. The van der Waals surface area contributed by atoms with Gasteiger partial charge in [-0.25, -0.2) is 0 Å². The Bertz CT molecular complexity index is 209. The molecule has 0 rings (SSSR count). The zero-order chi connectivity index (χ0) is 12.9. The average molecular weight is 240 g/mol. The van der Waals surface area contributed by atoms with Gasteiger partial charge in [0.25, 0.3) is 0 Å². The lowest BCUT2D eigenvalue weighted by atomic mass is 10.0. The molecule has 0 fully saturated rings. The number of carbonyl (C=O) groups excluding carboxylic acids is 2. The van der Waals surface area contributed by atoms with E-state index in [1.807, 2.05) is 6.92 Å². The molecule has 100 valence electrons. The van der Waals surface area contributed by atoms with Crippen molar-refractivity contribution in [1.29, 1.82) is 0 Å². The van der Waals surface area contributed by atoms with Gasteiger partial charge in [0, 0.05) is 25.7 Å². The third-order valence-electron chi connectivity index (χ3n) is 3.14. The fourth-order valence-electron chi connectivity index (χ4n) is 1.86.